The molecule has 0 spiro atoms. The second-order valence-corrected chi connectivity index (χ2v) is 5.76. The number of amides is 1. The van der Waals surface area contributed by atoms with Crippen molar-refractivity contribution in [2.24, 2.45) is 0 Å². The Morgan fingerprint density at radius 1 is 1.17 bits per heavy atom. The number of nitrogens with zero attached hydrogens (tertiary/aromatic N) is 1. The Morgan fingerprint density at radius 3 is 2.57 bits per heavy atom. The molecule has 0 saturated carbocycles. The first-order valence-electron chi connectivity index (χ1n) is 6.41. The smallest absolute Gasteiger partial charge is 0.340 e. The molecule has 0 unspecified atom stereocenters. The molecule has 0 fully saturated rings. The zero-order valence-electron chi connectivity index (χ0n) is 11.9. The monoisotopic (exact) mass is 372 g/mol. The van der Waals surface area contributed by atoms with Gasteiger partial charge in [0.15, 0.2) is 6.61 Å². The van der Waals surface area contributed by atoms with Gasteiger partial charge in [-0.25, -0.2) is 9.78 Å². The van der Waals surface area contributed by atoms with E-state index in [9.17, 15) is 9.59 Å². The van der Waals surface area contributed by atoms with E-state index in [1.165, 1.54) is 12.3 Å². The summed E-state index contributed by atoms with van der Waals surface area (Å²) in [5, 5.41) is 3.31. The molecular weight excluding hydrogens is 363 g/mol. The fourth-order valence-corrected chi connectivity index (χ4v) is 2.07. The fraction of sp³-hybridized carbons (Fsp3) is 0.133. The van der Waals surface area contributed by atoms with Crippen LogP contribution in [0.5, 0.6) is 0 Å². The third-order valence-corrected chi connectivity index (χ3v) is 3.92. The van der Waals surface area contributed by atoms with Crippen molar-refractivity contribution in [1.82, 2.24) is 4.98 Å². The summed E-state index contributed by atoms with van der Waals surface area (Å²) < 4.78 is 4.89. The minimum absolute atomic E-state index is 0.0807. The lowest BCUT2D eigenvalue weighted by Gasteiger charge is -2.08. The second kappa shape index (κ2) is 7.64. The van der Waals surface area contributed by atoms with Gasteiger partial charge < -0.3 is 10.1 Å². The number of benzene rings is 1. The van der Waals surface area contributed by atoms with Crippen LogP contribution in [0.2, 0.25) is 15.2 Å². The Bertz CT molecular complexity index is 766. The van der Waals surface area contributed by atoms with Gasteiger partial charge in [0, 0.05) is 16.9 Å². The van der Waals surface area contributed by atoms with Crippen molar-refractivity contribution in [3.63, 3.8) is 0 Å². The number of aryl methyl sites for hydroxylation is 1. The van der Waals surface area contributed by atoms with Gasteiger partial charge in [-0.1, -0.05) is 40.9 Å². The van der Waals surface area contributed by atoms with Crippen LogP contribution in [0.4, 0.5) is 5.69 Å². The van der Waals surface area contributed by atoms with Crippen molar-refractivity contribution in [2.45, 2.75) is 6.92 Å². The zero-order valence-corrected chi connectivity index (χ0v) is 14.2. The lowest BCUT2D eigenvalue weighted by Crippen LogP contribution is -2.21. The summed E-state index contributed by atoms with van der Waals surface area (Å²) >= 11 is 17.4. The number of ether oxygens (including phenoxy) is 1. The summed E-state index contributed by atoms with van der Waals surface area (Å²) in [4.78, 5) is 27.3. The Balaban J connectivity index is 1.91. The number of hydrogen-bond acceptors (Lipinski definition) is 4. The van der Waals surface area contributed by atoms with Crippen LogP contribution < -0.4 is 5.32 Å². The molecule has 2 rings (SSSR count). The van der Waals surface area contributed by atoms with Crippen molar-refractivity contribution in [3.8, 4) is 0 Å². The predicted octanol–water partition coefficient (Wildman–Crippen LogP) is 4.15. The quantitative estimate of drug-likeness (QED) is 0.646. The van der Waals surface area contributed by atoms with E-state index < -0.39 is 18.5 Å². The van der Waals surface area contributed by atoms with Crippen molar-refractivity contribution >= 4 is 52.4 Å². The normalized spacial score (nSPS) is 10.3. The SMILES string of the molecule is Cc1ccc(NC(=O)COC(=O)c2cnc(Cl)c(Cl)c2)cc1Cl. The van der Waals surface area contributed by atoms with Crippen LogP contribution in [0.25, 0.3) is 0 Å². The van der Waals surface area contributed by atoms with E-state index in [1.807, 2.05) is 6.92 Å². The topological polar surface area (TPSA) is 68.3 Å². The van der Waals surface area contributed by atoms with E-state index >= 15 is 0 Å². The van der Waals surface area contributed by atoms with Crippen molar-refractivity contribution in [3.05, 3.63) is 56.8 Å². The van der Waals surface area contributed by atoms with E-state index in [0.717, 1.165) is 5.56 Å². The maximum absolute atomic E-state index is 11.8. The maximum Gasteiger partial charge on any atom is 0.340 e. The highest BCUT2D eigenvalue weighted by atomic mass is 35.5. The molecule has 0 radical (unpaired) electrons. The largest absolute Gasteiger partial charge is 0.452 e. The first-order valence-corrected chi connectivity index (χ1v) is 7.54. The van der Waals surface area contributed by atoms with Crippen LogP contribution in [0.1, 0.15) is 15.9 Å². The summed E-state index contributed by atoms with van der Waals surface area (Å²) in [6.45, 7) is 1.39. The first kappa shape index (κ1) is 17.5. The number of rotatable bonds is 4. The number of halogens is 3. The van der Waals surface area contributed by atoms with Crippen LogP contribution in [-0.4, -0.2) is 23.5 Å². The number of aromatic nitrogens is 1. The van der Waals surface area contributed by atoms with Crippen LogP contribution >= 0.6 is 34.8 Å². The molecule has 1 heterocycles. The number of carbonyl (C=O) groups is 2. The number of hydrogen-bond donors (Lipinski definition) is 1. The molecule has 0 bridgehead atoms. The van der Waals surface area contributed by atoms with Gasteiger partial charge in [0.1, 0.15) is 5.15 Å². The molecule has 0 aliphatic carbocycles. The standard InChI is InChI=1S/C15H11Cl3N2O3/c1-8-2-3-10(5-11(8)16)20-13(21)7-23-15(22)9-4-12(17)14(18)19-6-9/h2-6H,7H2,1H3,(H,20,21). The molecule has 1 N–H and O–H groups in total. The summed E-state index contributed by atoms with van der Waals surface area (Å²) in [5.74, 6) is -1.22. The Kier molecular flexibility index (Phi) is 5.82. The minimum Gasteiger partial charge on any atom is -0.452 e. The zero-order chi connectivity index (χ0) is 17.0. The van der Waals surface area contributed by atoms with E-state index in [0.29, 0.717) is 10.7 Å². The lowest BCUT2D eigenvalue weighted by atomic mass is 10.2. The molecule has 120 valence electrons. The van der Waals surface area contributed by atoms with Gasteiger partial charge >= 0.3 is 5.97 Å². The minimum atomic E-state index is -0.729. The van der Waals surface area contributed by atoms with E-state index in [2.05, 4.69) is 10.3 Å². The molecule has 23 heavy (non-hydrogen) atoms. The molecule has 0 aliphatic rings. The number of anilines is 1. The van der Waals surface area contributed by atoms with Crippen LogP contribution in [0, 0.1) is 6.92 Å². The average molecular weight is 374 g/mol. The van der Waals surface area contributed by atoms with Crippen LogP contribution in [0.15, 0.2) is 30.5 Å². The lowest BCUT2D eigenvalue weighted by molar-refractivity contribution is -0.119. The number of pyridine rings is 1. The van der Waals surface area contributed by atoms with Gasteiger partial charge in [0.2, 0.25) is 0 Å². The number of carbonyl (C=O) groups excluding carboxylic acids is 2. The molecule has 0 aliphatic heterocycles. The fourth-order valence-electron chi connectivity index (χ4n) is 1.61. The number of esters is 1. The van der Waals surface area contributed by atoms with Gasteiger partial charge in [0.25, 0.3) is 5.91 Å². The molecule has 1 aromatic heterocycles. The van der Waals surface area contributed by atoms with Gasteiger partial charge in [-0.2, -0.15) is 0 Å². The molecule has 1 amide bonds. The molecule has 5 nitrogen and oxygen atoms in total. The van der Waals surface area contributed by atoms with Gasteiger partial charge in [-0.3, -0.25) is 4.79 Å². The van der Waals surface area contributed by atoms with E-state index in [1.54, 1.807) is 18.2 Å². The molecule has 2 aromatic rings. The third kappa shape index (κ3) is 4.82. The van der Waals surface area contributed by atoms with Gasteiger partial charge in [-0.15, -0.1) is 0 Å². The molecule has 8 heteroatoms. The Morgan fingerprint density at radius 2 is 1.91 bits per heavy atom. The van der Waals surface area contributed by atoms with E-state index in [4.69, 9.17) is 39.5 Å². The van der Waals surface area contributed by atoms with Crippen molar-refractivity contribution in [2.75, 3.05) is 11.9 Å². The predicted molar refractivity (Wildman–Crippen MR) is 89.4 cm³/mol. The summed E-state index contributed by atoms with van der Waals surface area (Å²) in [5.41, 5.74) is 1.51. The Labute approximate surface area is 147 Å². The highest BCUT2D eigenvalue weighted by molar-refractivity contribution is 6.41. The van der Waals surface area contributed by atoms with Crippen molar-refractivity contribution in [1.29, 1.82) is 0 Å². The first-order chi connectivity index (χ1) is 10.9. The Hall–Kier alpha value is -1.82. The van der Waals surface area contributed by atoms with E-state index in [-0.39, 0.29) is 15.7 Å². The van der Waals surface area contributed by atoms with Gasteiger partial charge in [0.05, 0.1) is 10.6 Å². The molecule has 0 saturated heterocycles. The summed E-state index contributed by atoms with van der Waals surface area (Å²) in [6.07, 6.45) is 1.22. The van der Waals surface area contributed by atoms with Crippen molar-refractivity contribution < 1.29 is 14.3 Å². The molecule has 0 atom stereocenters. The number of nitrogens with one attached hydrogen (secondary N) is 1. The highest BCUT2D eigenvalue weighted by Gasteiger charge is 2.13. The summed E-state index contributed by atoms with van der Waals surface area (Å²) in [6, 6.07) is 6.39. The second-order valence-electron chi connectivity index (χ2n) is 4.58. The summed E-state index contributed by atoms with van der Waals surface area (Å²) in [7, 11) is 0. The average Bonchev–Trinajstić information content (AvgIpc) is 2.51. The van der Waals surface area contributed by atoms with Crippen LogP contribution in [-0.2, 0) is 9.53 Å². The highest BCUT2D eigenvalue weighted by Crippen LogP contribution is 2.21. The van der Waals surface area contributed by atoms with Crippen LogP contribution in [0.3, 0.4) is 0 Å². The maximum atomic E-state index is 11.8. The van der Waals surface area contributed by atoms with Gasteiger partial charge in [-0.05, 0) is 30.7 Å². The molecular formula is C15H11Cl3N2O3. The third-order valence-electron chi connectivity index (χ3n) is 2.82. The molecule has 1 aromatic carbocycles.